The van der Waals surface area contributed by atoms with Crippen molar-refractivity contribution >= 4 is 5.97 Å². The van der Waals surface area contributed by atoms with Crippen LogP contribution in [0, 0.1) is 0 Å². The van der Waals surface area contributed by atoms with Crippen molar-refractivity contribution in [1.82, 2.24) is 10.2 Å². The summed E-state index contributed by atoms with van der Waals surface area (Å²) in [7, 11) is 0. The van der Waals surface area contributed by atoms with Gasteiger partial charge in [-0.1, -0.05) is 30.3 Å². The number of aromatic nitrogens is 2. The zero-order chi connectivity index (χ0) is 16.8. The molecule has 0 spiro atoms. The molecule has 0 saturated heterocycles. The van der Waals surface area contributed by atoms with Gasteiger partial charge < -0.3 is 14.6 Å². The topological polar surface area (TPSA) is 84.4 Å². The van der Waals surface area contributed by atoms with Gasteiger partial charge in [-0.05, 0) is 30.3 Å². The van der Waals surface area contributed by atoms with Crippen LogP contribution in [-0.4, -0.2) is 34.5 Å². The highest BCUT2D eigenvalue weighted by Crippen LogP contribution is 2.28. The molecule has 0 saturated carbocycles. The first-order valence-corrected chi connectivity index (χ1v) is 7.43. The van der Waals surface area contributed by atoms with Crippen LogP contribution in [0.2, 0.25) is 0 Å². The molecule has 0 fully saturated rings. The third kappa shape index (κ3) is 3.73. The minimum atomic E-state index is -1.05. The van der Waals surface area contributed by atoms with Gasteiger partial charge in [0.1, 0.15) is 30.4 Å². The molecule has 3 rings (SSSR count). The highest BCUT2D eigenvalue weighted by molar-refractivity contribution is 5.87. The molecule has 6 heteroatoms. The van der Waals surface area contributed by atoms with Crippen molar-refractivity contribution in [3.05, 3.63) is 66.4 Å². The molecule has 0 aliphatic carbocycles. The minimum absolute atomic E-state index is 0.0345. The summed E-state index contributed by atoms with van der Waals surface area (Å²) >= 11 is 0. The summed E-state index contributed by atoms with van der Waals surface area (Å²) in [5, 5.41) is 15.5. The summed E-state index contributed by atoms with van der Waals surface area (Å²) in [5.74, 6) is 0.355. The van der Waals surface area contributed by atoms with Crippen LogP contribution in [0.15, 0.2) is 60.7 Å². The van der Waals surface area contributed by atoms with Crippen LogP contribution in [0.4, 0.5) is 0 Å². The first kappa shape index (κ1) is 15.6. The van der Waals surface area contributed by atoms with E-state index in [1.54, 1.807) is 0 Å². The summed E-state index contributed by atoms with van der Waals surface area (Å²) in [6.07, 6.45) is 0. The quantitative estimate of drug-likeness (QED) is 0.652. The van der Waals surface area contributed by atoms with Crippen LogP contribution in [0.3, 0.4) is 0 Å². The van der Waals surface area contributed by atoms with E-state index in [4.69, 9.17) is 14.6 Å². The van der Waals surface area contributed by atoms with Gasteiger partial charge in [-0.3, -0.25) is 5.10 Å². The van der Waals surface area contributed by atoms with Gasteiger partial charge in [0.2, 0.25) is 0 Å². The van der Waals surface area contributed by atoms with E-state index in [-0.39, 0.29) is 5.69 Å². The predicted molar refractivity (Wildman–Crippen MR) is 88.4 cm³/mol. The number of carboxylic acid groups (broad SMARTS) is 1. The number of ether oxygens (including phenoxy) is 2. The standard InChI is InChI=1S/C18H16N2O4/c21-18(22)16-12-15(19-20-16)14-8-4-5-9-17(14)24-11-10-23-13-6-2-1-3-7-13/h1-9,12H,10-11H2,(H,19,20)(H,21,22). The fourth-order valence-electron chi connectivity index (χ4n) is 2.20. The summed E-state index contributed by atoms with van der Waals surface area (Å²) in [6, 6.07) is 18.3. The summed E-state index contributed by atoms with van der Waals surface area (Å²) in [4.78, 5) is 11.0. The second-order valence-corrected chi connectivity index (χ2v) is 4.98. The lowest BCUT2D eigenvalue weighted by atomic mass is 10.1. The summed E-state index contributed by atoms with van der Waals surface area (Å²) in [6.45, 7) is 0.765. The Bertz CT molecular complexity index is 815. The van der Waals surface area contributed by atoms with Gasteiger partial charge in [0, 0.05) is 5.56 Å². The Morgan fingerprint density at radius 3 is 2.46 bits per heavy atom. The van der Waals surface area contributed by atoms with Gasteiger partial charge >= 0.3 is 5.97 Å². The van der Waals surface area contributed by atoms with E-state index in [9.17, 15) is 4.79 Å². The summed E-state index contributed by atoms with van der Waals surface area (Å²) in [5.41, 5.74) is 1.28. The van der Waals surface area contributed by atoms with Crippen LogP contribution in [0.25, 0.3) is 11.3 Å². The minimum Gasteiger partial charge on any atom is -0.490 e. The molecule has 3 aromatic rings. The third-order valence-electron chi connectivity index (χ3n) is 3.32. The Morgan fingerprint density at radius 1 is 1.00 bits per heavy atom. The number of hydrogen-bond acceptors (Lipinski definition) is 4. The van der Waals surface area contributed by atoms with Gasteiger partial charge in [-0.25, -0.2) is 4.79 Å². The Kier molecular flexibility index (Phi) is 4.76. The molecule has 2 aromatic carbocycles. The fourth-order valence-corrected chi connectivity index (χ4v) is 2.20. The lowest BCUT2D eigenvalue weighted by molar-refractivity contribution is 0.0690. The molecule has 0 radical (unpaired) electrons. The van der Waals surface area contributed by atoms with Crippen molar-refractivity contribution in [3.63, 3.8) is 0 Å². The monoisotopic (exact) mass is 324 g/mol. The smallest absolute Gasteiger partial charge is 0.353 e. The van der Waals surface area contributed by atoms with Crippen molar-refractivity contribution < 1.29 is 19.4 Å². The van der Waals surface area contributed by atoms with Crippen LogP contribution >= 0.6 is 0 Å². The zero-order valence-electron chi connectivity index (χ0n) is 12.8. The molecular weight excluding hydrogens is 308 g/mol. The van der Waals surface area contributed by atoms with Gasteiger partial charge in [0.05, 0.1) is 5.69 Å². The molecule has 0 bridgehead atoms. The molecule has 0 amide bonds. The van der Waals surface area contributed by atoms with E-state index in [0.717, 1.165) is 11.3 Å². The number of carboxylic acids is 1. The van der Waals surface area contributed by atoms with Gasteiger partial charge in [-0.2, -0.15) is 5.10 Å². The number of aromatic amines is 1. The number of nitrogens with zero attached hydrogens (tertiary/aromatic N) is 1. The Labute approximate surface area is 138 Å². The number of nitrogens with one attached hydrogen (secondary N) is 1. The lowest BCUT2D eigenvalue weighted by Crippen LogP contribution is -2.09. The maximum absolute atomic E-state index is 11.0. The van der Waals surface area contributed by atoms with E-state index in [1.807, 2.05) is 54.6 Å². The van der Waals surface area contributed by atoms with E-state index in [0.29, 0.717) is 24.7 Å². The average molecular weight is 324 g/mol. The van der Waals surface area contributed by atoms with E-state index < -0.39 is 5.97 Å². The highest BCUT2D eigenvalue weighted by Gasteiger charge is 2.12. The molecule has 0 aliphatic heterocycles. The number of benzene rings is 2. The van der Waals surface area contributed by atoms with Crippen molar-refractivity contribution in [2.24, 2.45) is 0 Å². The number of H-pyrrole nitrogens is 1. The maximum atomic E-state index is 11.0. The van der Waals surface area contributed by atoms with Gasteiger partial charge in [0.25, 0.3) is 0 Å². The normalized spacial score (nSPS) is 10.3. The molecule has 122 valence electrons. The number of carbonyl (C=O) groups is 1. The van der Waals surface area contributed by atoms with Crippen LogP contribution < -0.4 is 9.47 Å². The van der Waals surface area contributed by atoms with Crippen molar-refractivity contribution in [1.29, 1.82) is 0 Å². The molecule has 24 heavy (non-hydrogen) atoms. The SMILES string of the molecule is O=C(O)c1cc(-c2ccccc2OCCOc2ccccc2)n[nH]1. The maximum Gasteiger partial charge on any atom is 0.353 e. The summed E-state index contributed by atoms with van der Waals surface area (Å²) < 4.78 is 11.3. The Hall–Kier alpha value is -3.28. The van der Waals surface area contributed by atoms with E-state index >= 15 is 0 Å². The van der Waals surface area contributed by atoms with Gasteiger partial charge in [0.15, 0.2) is 0 Å². The number of rotatable bonds is 7. The second kappa shape index (κ2) is 7.32. The molecule has 0 unspecified atom stereocenters. The molecule has 2 N–H and O–H groups in total. The van der Waals surface area contributed by atoms with Crippen molar-refractivity contribution in [2.45, 2.75) is 0 Å². The van der Waals surface area contributed by atoms with Crippen molar-refractivity contribution in [2.75, 3.05) is 13.2 Å². The molecule has 0 aliphatic rings. The van der Waals surface area contributed by atoms with Gasteiger partial charge in [-0.15, -0.1) is 0 Å². The van der Waals surface area contributed by atoms with E-state index in [2.05, 4.69) is 10.2 Å². The first-order valence-electron chi connectivity index (χ1n) is 7.43. The highest BCUT2D eigenvalue weighted by atomic mass is 16.5. The third-order valence-corrected chi connectivity index (χ3v) is 3.32. The number of aromatic carboxylic acids is 1. The number of hydrogen-bond donors (Lipinski definition) is 2. The molecule has 0 atom stereocenters. The Morgan fingerprint density at radius 2 is 1.71 bits per heavy atom. The van der Waals surface area contributed by atoms with Crippen LogP contribution in [0.1, 0.15) is 10.5 Å². The van der Waals surface area contributed by atoms with Crippen molar-refractivity contribution in [3.8, 4) is 22.8 Å². The molecule has 1 heterocycles. The number of para-hydroxylation sites is 2. The fraction of sp³-hybridized carbons (Fsp3) is 0.111. The predicted octanol–water partition coefficient (Wildman–Crippen LogP) is 3.23. The van der Waals surface area contributed by atoms with Crippen LogP contribution in [-0.2, 0) is 0 Å². The Balaban J connectivity index is 1.64. The zero-order valence-corrected chi connectivity index (χ0v) is 12.8. The van der Waals surface area contributed by atoms with Crippen LogP contribution in [0.5, 0.6) is 11.5 Å². The second-order valence-electron chi connectivity index (χ2n) is 4.98. The molecule has 1 aromatic heterocycles. The average Bonchev–Trinajstić information content (AvgIpc) is 3.10. The molecule has 6 nitrogen and oxygen atoms in total. The molecular formula is C18H16N2O4. The first-order chi connectivity index (χ1) is 11.7. The van der Waals surface area contributed by atoms with E-state index in [1.165, 1.54) is 6.07 Å². The lowest BCUT2D eigenvalue weighted by Gasteiger charge is -2.11. The largest absolute Gasteiger partial charge is 0.490 e.